The lowest BCUT2D eigenvalue weighted by molar-refractivity contribution is -0.123. The van der Waals surface area contributed by atoms with Crippen LogP contribution in [0.5, 0.6) is 0 Å². The minimum atomic E-state index is -0.268. The van der Waals surface area contributed by atoms with E-state index in [4.69, 9.17) is 11.6 Å². The molecule has 4 rings (SSSR count). The molecule has 2 amide bonds. The molecule has 2 aliphatic rings. The Balaban J connectivity index is 1.62. The predicted octanol–water partition coefficient (Wildman–Crippen LogP) is 7.08. The molecule has 2 aliphatic heterocycles. The highest BCUT2D eigenvalue weighted by molar-refractivity contribution is 8.18. The molecule has 0 aliphatic carbocycles. The lowest BCUT2D eigenvalue weighted by Gasteiger charge is -2.50. The number of anilines is 1. The highest BCUT2D eigenvalue weighted by atomic mass is 35.5. The van der Waals surface area contributed by atoms with Gasteiger partial charge in [0.2, 0.25) is 0 Å². The van der Waals surface area contributed by atoms with Crippen molar-refractivity contribution in [2.75, 3.05) is 4.90 Å². The van der Waals surface area contributed by atoms with Crippen molar-refractivity contribution in [1.82, 2.24) is 4.90 Å². The summed E-state index contributed by atoms with van der Waals surface area (Å²) < 4.78 is 0. The van der Waals surface area contributed by atoms with Crippen LogP contribution >= 0.6 is 23.4 Å². The van der Waals surface area contributed by atoms with Crippen LogP contribution in [-0.4, -0.2) is 27.6 Å². The normalized spacial score (nSPS) is 21.6. The Bertz CT molecular complexity index is 1110. The van der Waals surface area contributed by atoms with Crippen LogP contribution in [0.1, 0.15) is 63.6 Å². The molecule has 1 fully saturated rings. The Morgan fingerprint density at radius 3 is 2.59 bits per heavy atom. The summed E-state index contributed by atoms with van der Waals surface area (Å²) in [6, 6.07) is 14.1. The molecule has 1 saturated heterocycles. The highest BCUT2D eigenvalue weighted by Gasteiger charge is 2.38. The van der Waals surface area contributed by atoms with Crippen molar-refractivity contribution in [1.29, 1.82) is 0 Å². The monoisotopic (exact) mass is 468 g/mol. The Morgan fingerprint density at radius 1 is 1.19 bits per heavy atom. The largest absolute Gasteiger partial charge is 0.364 e. The van der Waals surface area contributed by atoms with Gasteiger partial charge in [0, 0.05) is 22.3 Å². The molecule has 2 aromatic carbocycles. The minimum absolute atomic E-state index is 0.0868. The quantitative estimate of drug-likeness (QED) is 0.449. The minimum Gasteiger partial charge on any atom is -0.364 e. The van der Waals surface area contributed by atoms with Gasteiger partial charge >= 0.3 is 0 Å². The Labute approximate surface area is 199 Å². The summed E-state index contributed by atoms with van der Waals surface area (Å²) >= 11 is 7.21. The van der Waals surface area contributed by atoms with Gasteiger partial charge in [0.15, 0.2) is 0 Å². The molecule has 32 heavy (non-hydrogen) atoms. The number of imide groups is 1. The molecule has 0 radical (unpaired) electrons. The average molecular weight is 469 g/mol. The number of carbonyl (C=O) groups is 2. The molecule has 0 aromatic heterocycles. The molecule has 0 spiro atoms. The highest BCUT2D eigenvalue weighted by Crippen LogP contribution is 2.45. The van der Waals surface area contributed by atoms with Gasteiger partial charge < -0.3 is 4.90 Å². The lowest BCUT2D eigenvalue weighted by Crippen LogP contribution is -2.51. The lowest BCUT2D eigenvalue weighted by atomic mass is 9.79. The molecule has 6 heteroatoms. The van der Waals surface area contributed by atoms with Crippen LogP contribution in [0.4, 0.5) is 10.5 Å². The first kappa shape index (κ1) is 22.9. The zero-order valence-electron chi connectivity index (χ0n) is 19.2. The van der Waals surface area contributed by atoms with Crippen LogP contribution in [0.2, 0.25) is 5.02 Å². The van der Waals surface area contributed by atoms with Gasteiger partial charge in [0.1, 0.15) is 0 Å². The fourth-order valence-corrected chi connectivity index (χ4v) is 6.16. The summed E-state index contributed by atoms with van der Waals surface area (Å²) in [5.41, 5.74) is 4.34. The SMILES string of the molecule is CC1CC(C)(C)N(C(C)C)c2ccc(/C=C3\SC(=O)N(Cc4ccccc4Cl)C3=O)cc21. The van der Waals surface area contributed by atoms with Crippen molar-refractivity contribution < 1.29 is 9.59 Å². The molecule has 0 bridgehead atoms. The van der Waals surface area contributed by atoms with Gasteiger partial charge in [-0.25, -0.2) is 0 Å². The number of rotatable bonds is 4. The van der Waals surface area contributed by atoms with Crippen molar-refractivity contribution in [3.05, 3.63) is 69.1 Å². The summed E-state index contributed by atoms with van der Waals surface area (Å²) in [4.78, 5) is 29.7. The van der Waals surface area contributed by atoms with E-state index in [9.17, 15) is 9.59 Å². The van der Waals surface area contributed by atoms with E-state index in [0.717, 1.165) is 29.3 Å². The Hall–Kier alpha value is -2.24. The summed E-state index contributed by atoms with van der Waals surface area (Å²) in [6.45, 7) is 11.5. The Kier molecular flexibility index (Phi) is 6.17. The second kappa shape index (κ2) is 8.60. The maximum atomic E-state index is 13.0. The van der Waals surface area contributed by atoms with Crippen molar-refractivity contribution in [2.45, 2.75) is 65.1 Å². The molecule has 2 aromatic rings. The van der Waals surface area contributed by atoms with Gasteiger partial charge in [-0.1, -0.05) is 42.8 Å². The molecule has 1 atom stereocenters. The van der Waals surface area contributed by atoms with Crippen LogP contribution in [0, 0.1) is 0 Å². The number of hydrogen-bond donors (Lipinski definition) is 0. The van der Waals surface area contributed by atoms with E-state index >= 15 is 0 Å². The standard InChI is InChI=1S/C26H29ClN2O2S/c1-16(2)29-22-11-10-18(12-20(22)17(3)14-26(29,4)5)13-23-24(30)28(25(31)32-23)15-19-8-6-7-9-21(19)27/h6-13,16-17H,14-15H2,1-5H3/b23-13-. The first-order chi connectivity index (χ1) is 15.1. The van der Waals surface area contributed by atoms with Gasteiger partial charge in [-0.15, -0.1) is 0 Å². The smallest absolute Gasteiger partial charge is 0.293 e. The summed E-state index contributed by atoms with van der Waals surface area (Å²) in [6.07, 6.45) is 2.90. The van der Waals surface area contributed by atoms with E-state index in [0.29, 0.717) is 21.9 Å². The van der Waals surface area contributed by atoms with Crippen LogP contribution < -0.4 is 4.90 Å². The second-order valence-corrected chi connectivity index (χ2v) is 11.0. The number of thioether (sulfide) groups is 1. The van der Waals surface area contributed by atoms with Crippen LogP contribution in [0.25, 0.3) is 6.08 Å². The van der Waals surface area contributed by atoms with E-state index in [1.54, 1.807) is 6.07 Å². The number of amides is 2. The zero-order chi connectivity index (χ0) is 23.2. The first-order valence-electron chi connectivity index (χ1n) is 11.0. The molecular weight excluding hydrogens is 440 g/mol. The number of carbonyl (C=O) groups excluding carboxylic acids is 2. The topological polar surface area (TPSA) is 40.6 Å². The third-order valence-corrected chi connectivity index (χ3v) is 7.55. The summed E-state index contributed by atoms with van der Waals surface area (Å²) in [5.74, 6) is 0.147. The molecule has 0 saturated carbocycles. The summed E-state index contributed by atoms with van der Waals surface area (Å²) in [7, 11) is 0. The zero-order valence-corrected chi connectivity index (χ0v) is 20.8. The van der Waals surface area contributed by atoms with E-state index in [-0.39, 0.29) is 23.2 Å². The third-order valence-electron chi connectivity index (χ3n) is 6.27. The van der Waals surface area contributed by atoms with E-state index in [1.165, 1.54) is 16.2 Å². The van der Waals surface area contributed by atoms with Gasteiger partial charge in [0.05, 0.1) is 11.4 Å². The number of fused-ring (bicyclic) bond motifs is 1. The maximum absolute atomic E-state index is 13.0. The van der Waals surface area contributed by atoms with E-state index < -0.39 is 0 Å². The number of benzene rings is 2. The third kappa shape index (κ3) is 4.20. The molecule has 1 unspecified atom stereocenters. The van der Waals surface area contributed by atoms with Crippen molar-refractivity contribution in [3.63, 3.8) is 0 Å². The second-order valence-electron chi connectivity index (χ2n) is 9.56. The predicted molar refractivity (Wildman–Crippen MR) is 134 cm³/mol. The molecule has 168 valence electrons. The number of halogens is 1. The summed E-state index contributed by atoms with van der Waals surface area (Å²) in [5, 5.41) is 0.289. The van der Waals surface area contributed by atoms with Crippen molar-refractivity contribution in [3.8, 4) is 0 Å². The average Bonchev–Trinajstić information content (AvgIpc) is 2.96. The Morgan fingerprint density at radius 2 is 1.91 bits per heavy atom. The van der Waals surface area contributed by atoms with Crippen molar-refractivity contribution >= 4 is 46.3 Å². The molecule has 0 N–H and O–H groups in total. The van der Waals surface area contributed by atoms with E-state index in [2.05, 4.69) is 51.7 Å². The fourth-order valence-electron chi connectivity index (χ4n) is 5.12. The van der Waals surface area contributed by atoms with Crippen LogP contribution in [0.3, 0.4) is 0 Å². The molecule has 2 heterocycles. The van der Waals surface area contributed by atoms with Crippen molar-refractivity contribution in [2.24, 2.45) is 0 Å². The van der Waals surface area contributed by atoms with Crippen LogP contribution in [-0.2, 0) is 11.3 Å². The fraction of sp³-hybridized carbons (Fsp3) is 0.385. The first-order valence-corrected chi connectivity index (χ1v) is 12.2. The van der Waals surface area contributed by atoms with Gasteiger partial charge in [-0.2, -0.15) is 0 Å². The van der Waals surface area contributed by atoms with E-state index in [1.807, 2.05) is 30.3 Å². The van der Waals surface area contributed by atoms with Crippen LogP contribution in [0.15, 0.2) is 47.4 Å². The van der Waals surface area contributed by atoms with Gasteiger partial charge in [0.25, 0.3) is 11.1 Å². The molecular formula is C26H29ClN2O2S. The number of hydrogen-bond acceptors (Lipinski definition) is 4. The number of nitrogens with zero attached hydrogens (tertiary/aromatic N) is 2. The maximum Gasteiger partial charge on any atom is 0.293 e. The van der Waals surface area contributed by atoms with Gasteiger partial charge in [-0.05, 0) is 92.8 Å². The van der Waals surface area contributed by atoms with Gasteiger partial charge in [-0.3, -0.25) is 14.5 Å². The molecule has 4 nitrogen and oxygen atoms in total.